The Morgan fingerprint density at radius 2 is 1.65 bits per heavy atom. The molecule has 0 fully saturated rings. The van der Waals surface area contributed by atoms with Crippen molar-refractivity contribution < 1.29 is 19.4 Å². The quantitative estimate of drug-likeness (QED) is 0.493. The monoisotopic (exact) mass is 279 g/mol. The van der Waals surface area contributed by atoms with E-state index in [-0.39, 0.29) is 5.92 Å². The average Bonchev–Trinajstić information content (AvgIpc) is 2.46. The Balaban J connectivity index is 3.17. The number of benzene rings is 1. The van der Waals surface area contributed by atoms with Crippen LogP contribution in [0.25, 0.3) is 6.08 Å². The molecule has 1 N–H and O–H groups in total. The van der Waals surface area contributed by atoms with E-state index in [0.29, 0.717) is 23.0 Å². The van der Waals surface area contributed by atoms with Gasteiger partial charge in [0.05, 0.1) is 27.0 Å². The zero-order valence-corrected chi connectivity index (χ0v) is 12.5. The van der Waals surface area contributed by atoms with Gasteiger partial charge in [-0.1, -0.05) is 25.1 Å². The molecule has 110 valence electrons. The number of nitrogens with zero attached hydrogens (tertiary/aromatic N) is 1. The van der Waals surface area contributed by atoms with Crippen molar-refractivity contribution >= 4 is 11.8 Å². The lowest BCUT2D eigenvalue weighted by atomic mass is 10.1. The fourth-order valence-electron chi connectivity index (χ4n) is 1.72. The number of allylic oxidation sites excluding steroid dienone is 1. The zero-order valence-electron chi connectivity index (χ0n) is 12.5. The number of hydrogen-bond donors (Lipinski definition) is 1. The summed E-state index contributed by atoms with van der Waals surface area (Å²) < 4.78 is 15.8. The zero-order chi connectivity index (χ0) is 15.1. The topological polar surface area (TPSA) is 60.3 Å². The highest BCUT2D eigenvalue weighted by Crippen LogP contribution is 2.38. The first-order valence-electron chi connectivity index (χ1n) is 6.27. The van der Waals surface area contributed by atoms with Gasteiger partial charge in [0.25, 0.3) is 0 Å². The molecule has 1 aromatic carbocycles. The maximum Gasteiger partial charge on any atom is 0.203 e. The van der Waals surface area contributed by atoms with Crippen LogP contribution in [0.5, 0.6) is 17.2 Å². The summed E-state index contributed by atoms with van der Waals surface area (Å²) in [6, 6.07) is 3.65. The third-order valence-corrected chi connectivity index (χ3v) is 2.84. The van der Waals surface area contributed by atoms with Gasteiger partial charge in [-0.25, -0.2) is 0 Å². The Hall–Kier alpha value is -2.17. The Kier molecular flexibility index (Phi) is 5.90. The van der Waals surface area contributed by atoms with Gasteiger partial charge in [-0.15, -0.1) is 0 Å². The molecule has 5 heteroatoms. The van der Waals surface area contributed by atoms with Gasteiger partial charge < -0.3 is 19.4 Å². The summed E-state index contributed by atoms with van der Waals surface area (Å²) in [5.74, 6) is 1.85. The minimum Gasteiger partial charge on any atom is -0.493 e. The number of rotatable bonds is 6. The van der Waals surface area contributed by atoms with Gasteiger partial charge >= 0.3 is 0 Å². The van der Waals surface area contributed by atoms with Crippen LogP contribution in [0.1, 0.15) is 19.4 Å². The van der Waals surface area contributed by atoms with Gasteiger partial charge in [-0.05, 0) is 29.7 Å². The van der Waals surface area contributed by atoms with E-state index in [1.165, 1.54) is 0 Å². The third kappa shape index (κ3) is 3.66. The van der Waals surface area contributed by atoms with Crippen molar-refractivity contribution in [3.8, 4) is 17.2 Å². The van der Waals surface area contributed by atoms with Gasteiger partial charge in [-0.3, -0.25) is 0 Å². The van der Waals surface area contributed by atoms with E-state index in [2.05, 4.69) is 5.16 Å². The number of ether oxygens (including phenoxy) is 3. The van der Waals surface area contributed by atoms with Crippen LogP contribution in [0, 0.1) is 5.92 Å². The SMILES string of the molecule is COc1cc(/C=C/C(=N\O)C(C)C)cc(OC)c1OC. The van der Waals surface area contributed by atoms with Crippen LogP contribution >= 0.6 is 0 Å². The summed E-state index contributed by atoms with van der Waals surface area (Å²) in [6.45, 7) is 3.91. The molecule has 0 unspecified atom stereocenters. The highest BCUT2D eigenvalue weighted by atomic mass is 16.5. The van der Waals surface area contributed by atoms with E-state index in [0.717, 1.165) is 5.56 Å². The van der Waals surface area contributed by atoms with E-state index >= 15 is 0 Å². The van der Waals surface area contributed by atoms with E-state index < -0.39 is 0 Å². The predicted octanol–water partition coefficient (Wildman–Crippen LogP) is 3.21. The maximum atomic E-state index is 8.93. The van der Waals surface area contributed by atoms with Crippen LogP contribution in [0.2, 0.25) is 0 Å². The average molecular weight is 279 g/mol. The highest BCUT2D eigenvalue weighted by Gasteiger charge is 2.12. The minimum atomic E-state index is 0.137. The van der Waals surface area contributed by atoms with E-state index in [1.54, 1.807) is 27.4 Å². The molecule has 5 nitrogen and oxygen atoms in total. The first-order valence-corrected chi connectivity index (χ1v) is 6.27. The van der Waals surface area contributed by atoms with Crippen LogP contribution in [0.15, 0.2) is 23.4 Å². The third-order valence-electron chi connectivity index (χ3n) is 2.84. The predicted molar refractivity (Wildman–Crippen MR) is 79.2 cm³/mol. The molecule has 0 heterocycles. The highest BCUT2D eigenvalue weighted by molar-refractivity contribution is 5.99. The van der Waals surface area contributed by atoms with Gasteiger partial charge in [0.15, 0.2) is 11.5 Å². The summed E-state index contributed by atoms with van der Waals surface area (Å²) >= 11 is 0. The van der Waals surface area contributed by atoms with Gasteiger partial charge in [0.2, 0.25) is 5.75 Å². The molecule has 0 amide bonds. The normalized spacial score (nSPS) is 12.0. The van der Waals surface area contributed by atoms with E-state index in [9.17, 15) is 0 Å². The Labute approximate surface area is 119 Å². The smallest absolute Gasteiger partial charge is 0.203 e. The lowest BCUT2D eigenvalue weighted by Gasteiger charge is -2.13. The minimum absolute atomic E-state index is 0.137. The molecule has 1 aromatic rings. The molecular formula is C15H21NO4. The fourth-order valence-corrected chi connectivity index (χ4v) is 1.72. The summed E-state index contributed by atoms with van der Waals surface area (Å²) in [4.78, 5) is 0. The Morgan fingerprint density at radius 1 is 1.10 bits per heavy atom. The van der Waals surface area contributed by atoms with Crippen molar-refractivity contribution in [3.05, 3.63) is 23.8 Å². The molecule has 0 aliphatic heterocycles. The number of oxime groups is 1. The van der Waals surface area contributed by atoms with Crippen molar-refractivity contribution in [1.82, 2.24) is 0 Å². The van der Waals surface area contributed by atoms with Crippen LogP contribution < -0.4 is 14.2 Å². The molecule has 0 saturated carbocycles. The van der Waals surface area contributed by atoms with Crippen molar-refractivity contribution in [2.75, 3.05) is 21.3 Å². The first-order chi connectivity index (χ1) is 9.57. The molecule has 0 spiro atoms. The Bertz CT molecular complexity index is 482. The first kappa shape index (κ1) is 15.9. The standard InChI is InChI=1S/C15H21NO4/c1-10(2)12(16-17)7-6-11-8-13(18-3)15(20-5)14(9-11)19-4/h6-10,17H,1-5H3/b7-6+,16-12+. The van der Waals surface area contributed by atoms with Crippen LogP contribution in [0.4, 0.5) is 0 Å². The number of hydrogen-bond acceptors (Lipinski definition) is 5. The largest absolute Gasteiger partial charge is 0.493 e. The summed E-state index contributed by atoms with van der Waals surface area (Å²) in [7, 11) is 4.70. The molecule has 0 atom stereocenters. The van der Waals surface area contributed by atoms with Crippen LogP contribution in [-0.4, -0.2) is 32.2 Å². The summed E-state index contributed by atoms with van der Waals surface area (Å²) in [6.07, 6.45) is 3.59. The van der Waals surface area contributed by atoms with E-state index in [4.69, 9.17) is 19.4 Å². The molecule has 0 aliphatic carbocycles. The second-order valence-electron chi connectivity index (χ2n) is 4.47. The molecule has 0 bridgehead atoms. The van der Waals surface area contributed by atoms with Crippen molar-refractivity contribution in [3.63, 3.8) is 0 Å². The molecule has 0 aromatic heterocycles. The second-order valence-corrected chi connectivity index (χ2v) is 4.47. The lowest BCUT2D eigenvalue weighted by Crippen LogP contribution is -2.03. The van der Waals surface area contributed by atoms with Crippen LogP contribution in [0.3, 0.4) is 0 Å². The summed E-state index contributed by atoms with van der Waals surface area (Å²) in [5.41, 5.74) is 1.46. The van der Waals surface area contributed by atoms with E-state index in [1.807, 2.05) is 32.1 Å². The molecule has 0 radical (unpaired) electrons. The maximum absolute atomic E-state index is 8.93. The van der Waals surface area contributed by atoms with Crippen molar-refractivity contribution in [2.45, 2.75) is 13.8 Å². The molecule has 20 heavy (non-hydrogen) atoms. The Morgan fingerprint density at radius 3 is 2.00 bits per heavy atom. The summed E-state index contributed by atoms with van der Waals surface area (Å²) in [5, 5.41) is 12.2. The van der Waals surface area contributed by atoms with Crippen LogP contribution in [-0.2, 0) is 0 Å². The van der Waals surface area contributed by atoms with Crippen molar-refractivity contribution in [2.24, 2.45) is 11.1 Å². The second kappa shape index (κ2) is 7.43. The molecule has 1 rings (SSSR count). The van der Waals surface area contributed by atoms with Gasteiger partial charge in [-0.2, -0.15) is 0 Å². The van der Waals surface area contributed by atoms with Crippen molar-refractivity contribution in [1.29, 1.82) is 0 Å². The molecule has 0 saturated heterocycles. The lowest BCUT2D eigenvalue weighted by molar-refractivity contribution is 0.316. The van der Waals surface area contributed by atoms with Gasteiger partial charge in [0.1, 0.15) is 0 Å². The molecule has 0 aliphatic rings. The fraction of sp³-hybridized carbons (Fsp3) is 0.400. The molecular weight excluding hydrogens is 258 g/mol. The van der Waals surface area contributed by atoms with Gasteiger partial charge in [0, 0.05) is 0 Å². The number of methoxy groups -OCH3 is 3.